The van der Waals surface area contributed by atoms with Crippen molar-refractivity contribution in [3.05, 3.63) is 84.2 Å². The first-order valence-electron chi connectivity index (χ1n) is 12.0. The van der Waals surface area contributed by atoms with Crippen molar-refractivity contribution in [1.29, 1.82) is 0 Å². The summed E-state index contributed by atoms with van der Waals surface area (Å²) in [5, 5.41) is 9.19. The molecule has 0 saturated heterocycles. The Bertz CT molecular complexity index is 1380. The smallest absolute Gasteiger partial charge is 0.407 e. The number of nitrogens with zero attached hydrogens (tertiary/aromatic N) is 3. The van der Waals surface area contributed by atoms with Gasteiger partial charge in [0.15, 0.2) is 11.6 Å². The van der Waals surface area contributed by atoms with Gasteiger partial charge in [0, 0.05) is 37.7 Å². The number of hydrogen-bond acceptors (Lipinski definition) is 4. The van der Waals surface area contributed by atoms with E-state index in [9.17, 15) is 9.90 Å². The Hall–Kier alpha value is -4.07. The molecule has 1 aliphatic carbocycles. The van der Waals surface area contributed by atoms with Crippen LogP contribution in [0.15, 0.2) is 67.3 Å². The molecular formula is C28H28FN3O4. The first-order valence-corrected chi connectivity index (χ1v) is 12.0. The maximum Gasteiger partial charge on any atom is 0.407 e. The number of aromatic nitrogens is 2. The van der Waals surface area contributed by atoms with Gasteiger partial charge in [0.05, 0.1) is 12.5 Å². The molecule has 1 amide bonds. The Labute approximate surface area is 208 Å². The highest BCUT2D eigenvalue weighted by molar-refractivity contribution is 5.74. The highest BCUT2D eigenvalue weighted by Crippen LogP contribution is 2.36. The molecule has 2 aromatic heterocycles. The number of benzene rings is 2. The molecule has 7 nitrogen and oxygen atoms in total. The third-order valence-electron chi connectivity index (χ3n) is 6.78. The predicted octanol–water partition coefficient (Wildman–Crippen LogP) is 5.80. The minimum absolute atomic E-state index is 0.0548. The predicted molar refractivity (Wildman–Crippen MR) is 134 cm³/mol. The molecule has 2 heterocycles. The lowest BCUT2D eigenvalue weighted by atomic mass is 9.88. The van der Waals surface area contributed by atoms with Gasteiger partial charge in [-0.3, -0.25) is 0 Å². The van der Waals surface area contributed by atoms with Gasteiger partial charge >= 0.3 is 6.09 Å². The van der Waals surface area contributed by atoms with E-state index in [2.05, 4.69) is 4.98 Å². The number of carboxylic acid groups (broad SMARTS) is 1. The topological polar surface area (TPSA) is 76.3 Å². The third kappa shape index (κ3) is 4.71. The molecule has 1 N–H and O–H groups in total. The third-order valence-corrected chi connectivity index (χ3v) is 6.78. The maximum atomic E-state index is 15.1. The number of halogens is 1. The van der Waals surface area contributed by atoms with E-state index in [-0.39, 0.29) is 17.9 Å². The second kappa shape index (κ2) is 9.89. The Morgan fingerprint density at radius 1 is 1.19 bits per heavy atom. The molecule has 1 fully saturated rings. The van der Waals surface area contributed by atoms with Crippen molar-refractivity contribution in [3.63, 3.8) is 0 Å². The second-order valence-electron chi connectivity index (χ2n) is 9.11. The lowest BCUT2D eigenvalue weighted by Gasteiger charge is -2.39. The summed E-state index contributed by atoms with van der Waals surface area (Å²) in [4.78, 5) is 16.8. The van der Waals surface area contributed by atoms with E-state index in [1.165, 1.54) is 11.0 Å². The molecule has 0 bridgehead atoms. The summed E-state index contributed by atoms with van der Waals surface area (Å²) in [6, 6.07) is 14.8. The lowest BCUT2D eigenvalue weighted by molar-refractivity contribution is 0.0326. The van der Waals surface area contributed by atoms with E-state index in [4.69, 9.17) is 9.47 Å². The number of amides is 1. The molecule has 0 unspecified atom stereocenters. The molecule has 8 heteroatoms. The number of hydrogen-bond donors (Lipinski definition) is 1. The van der Waals surface area contributed by atoms with Crippen molar-refractivity contribution in [2.24, 2.45) is 0 Å². The average Bonchev–Trinajstić information content (AvgIpc) is 3.34. The Morgan fingerprint density at radius 2 is 1.97 bits per heavy atom. The zero-order valence-electron chi connectivity index (χ0n) is 20.2. The van der Waals surface area contributed by atoms with Gasteiger partial charge in [-0.15, -0.1) is 0 Å². The molecule has 1 aliphatic rings. The van der Waals surface area contributed by atoms with E-state index in [1.54, 1.807) is 25.6 Å². The average molecular weight is 490 g/mol. The van der Waals surface area contributed by atoms with Crippen LogP contribution in [0.4, 0.5) is 9.18 Å². The highest BCUT2D eigenvalue weighted by Gasteiger charge is 2.36. The van der Waals surface area contributed by atoms with Gasteiger partial charge in [-0.2, -0.15) is 0 Å². The molecule has 0 aliphatic heterocycles. The number of imidazole rings is 1. The molecule has 5 rings (SSSR count). The van der Waals surface area contributed by atoms with Crippen LogP contribution in [0.3, 0.4) is 0 Å². The summed E-state index contributed by atoms with van der Waals surface area (Å²) >= 11 is 0. The van der Waals surface area contributed by atoms with Gasteiger partial charge in [0.25, 0.3) is 0 Å². The molecular weight excluding hydrogens is 461 g/mol. The zero-order chi connectivity index (χ0) is 25.2. The van der Waals surface area contributed by atoms with Gasteiger partial charge < -0.3 is 23.9 Å². The second-order valence-corrected chi connectivity index (χ2v) is 9.11. The van der Waals surface area contributed by atoms with E-state index in [0.29, 0.717) is 31.6 Å². The van der Waals surface area contributed by atoms with Crippen molar-refractivity contribution in [2.45, 2.75) is 44.9 Å². The fourth-order valence-corrected chi connectivity index (χ4v) is 4.53. The SMILES string of the molecule is CCc1cc(OCc2ccccc2)c(F)cc1-c1cc(OC2CC(N(C)C(=O)O)C2)c2cncn2c1. The summed E-state index contributed by atoms with van der Waals surface area (Å²) in [6.45, 7) is 2.32. The molecule has 2 aromatic carbocycles. The lowest BCUT2D eigenvalue weighted by Crippen LogP contribution is -2.49. The van der Waals surface area contributed by atoms with E-state index in [1.807, 2.05) is 53.9 Å². The summed E-state index contributed by atoms with van der Waals surface area (Å²) in [5.41, 5.74) is 4.30. The highest BCUT2D eigenvalue weighted by atomic mass is 19.1. The number of ether oxygens (including phenoxy) is 2. The monoisotopic (exact) mass is 489 g/mol. The van der Waals surface area contributed by atoms with Crippen LogP contribution in [0.25, 0.3) is 16.6 Å². The quantitative estimate of drug-likeness (QED) is 0.338. The Balaban J connectivity index is 1.41. The van der Waals surface area contributed by atoms with E-state index >= 15 is 4.39 Å². The molecule has 4 aromatic rings. The fourth-order valence-electron chi connectivity index (χ4n) is 4.53. The molecule has 0 atom stereocenters. The van der Waals surface area contributed by atoms with Crippen LogP contribution in [0.2, 0.25) is 0 Å². The van der Waals surface area contributed by atoms with Gasteiger partial charge in [-0.1, -0.05) is 37.3 Å². The van der Waals surface area contributed by atoms with Crippen molar-refractivity contribution in [3.8, 4) is 22.6 Å². The van der Waals surface area contributed by atoms with Gasteiger partial charge in [-0.05, 0) is 41.3 Å². The van der Waals surface area contributed by atoms with E-state index in [0.717, 1.165) is 27.8 Å². The van der Waals surface area contributed by atoms with Crippen LogP contribution in [0.5, 0.6) is 11.5 Å². The molecule has 0 radical (unpaired) electrons. The van der Waals surface area contributed by atoms with Crippen molar-refractivity contribution in [1.82, 2.24) is 14.3 Å². The van der Waals surface area contributed by atoms with Crippen molar-refractivity contribution < 1.29 is 23.8 Å². The minimum Gasteiger partial charge on any atom is -0.488 e. The van der Waals surface area contributed by atoms with Crippen LogP contribution in [0, 0.1) is 5.82 Å². The van der Waals surface area contributed by atoms with Crippen LogP contribution >= 0.6 is 0 Å². The first-order chi connectivity index (χ1) is 17.4. The first kappa shape index (κ1) is 23.7. The van der Waals surface area contributed by atoms with Crippen LogP contribution < -0.4 is 9.47 Å². The van der Waals surface area contributed by atoms with Crippen molar-refractivity contribution in [2.75, 3.05) is 7.05 Å². The number of rotatable bonds is 8. The number of fused-ring (bicyclic) bond motifs is 1. The Kier molecular flexibility index (Phi) is 6.50. The summed E-state index contributed by atoms with van der Waals surface area (Å²) in [7, 11) is 1.58. The Morgan fingerprint density at radius 3 is 2.69 bits per heavy atom. The molecule has 36 heavy (non-hydrogen) atoms. The van der Waals surface area contributed by atoms with Crippen LogP contribution in [-0.4, -0.2) is 44.7 Å². The molecule has 1 saturated carbocycles. The van der Waals surface area contributed by atoms with Gasteiger partial charge in [0.1, 0.15) is 24.0 Å². The number of pyridine rings is 1. The van der Waals surface area contributed by atoms with Gasteiger partial charge in [0.2, 0.25) is 0 Å². The van der Waals surface area contributed by atoms with Crippen molar-refractivity contribution >= 4 is 11.6 Å². The molecule has 186 valence electrons. The number of aryl methyl sites for hydroxylation is 1. The summed E-state index contributed by atoms with van der Waals surface area (Å²) in [6.07, 6.45) is 6.22. The normalized spacial score (nSPS) is 17.0. The van der Waals surface area contributed by atoms with Gasteiger partial charge in [-0.25, -0.2) is 14.2 Å². The fraction of sp³-hybridized carbons (Fsp3) is 0.286. The number of carbonyl (C=O) groups is 1. The largest absolute Gasteiger partial charge is 0.488 e. The molecule has 0 spiro atoms. The standard InChI is InChI=1S/C28H28FN3O4/c1-3-19-9-26(35-16-18-7-5-4-6-8-18)24(29)13-23(19)20-10-27(25-14-30-17-32(25)15-20)36-22-11-21(12-22)31(2)28(33)34/h4-10,13-15,17,21-22H,3,11-12,16H2,1-2H3,(H,33,34). The van der Waals surface area contributed by atoms with E-state index < -0.39 is 11.9 Å². The minimum atomic E-state index is -0.941. The summed E-state index contributed by atoms with van der Waals surface area (Å²) in [5.74, 6) is 0.436. The zero-order valence-corrected chi connectivity index (χ0v) is 20.2. The van der Waals surface area contributed by atoms with Crippen LogP contribution in [-0.2, 0) is 13.0 Å². The summed E-state index contributed by atoms with van der Waals surface area (Å²) < 4.78 is 29.1. The van der Waals surface area contributed by atoms with Crippen LogP contribution in [0.1, 0.15) is 30.9 Å². The maximum absolute atomic E-state index is 15.1.